The fourth-order valence-corrected chi connectivity index (χ4v) is 6.14. The molecular weight excluding hydrogens is 514 g/mol. The summed E-state index contributed by atoms with van der Waals surface area (Å²) in [4.78, 5) is 47.5. The van der Waals surface area contributed by atoms with Crippen molar-refractivity contribution in [2.75, 3.05) is 11.5 Å². The van der Waals surface area contributed by atoms with Crippen LogP contribution in [-0.4, -0.2) is 56.7 Å². The van der Waals surface area contributed by atoms with Crippen molar-refractivity contribution < 1.29 is 19.1 Å². The Morgan fingerprint density at radius 3 is 2.54 bits per heavy atom. The van der Waals surface area contributed by atoms with Gasteiger partial charge < -0.3 is 15.0 Å². The summed E-state index contributed by atoms with van der Waals surface area (Å²) in [6.07, 6.45) is 11.8. The van der Waals surface area contributed by atoms with Crippen molar-refractivity contribution in [3.8, 4) is 11.3 Å². The van der Waals surface area contributed by atoms with E-state index in [1.54, 1.807) is 10.9 Å². The number of fused-ring (bicyclic) bond motifs is 1. The second kappa shape index (κ2) is 10.9. The molecule has 0 aromatic carbocycles. The molecule has 1 saturated carbocycles. The molecule has 2 N–H and O–H groups in total. The molecule has 3 aromatic heterocycles. The molecule has 1 aliphatic heterocycles. The number of imide groups is 1. The van der Waals surface area contributed by atoms with Crippen LogP contribution in [0, 0.1) is 5.92 Å². The van der Waals surface area contributed by atoms with Gasteiger partial charge >= 0.3 is 0 Å². The van der Waals surface area contributed by atoms with E-state index in [0.29, 0.717) is 30.2 Å². The lowest BCUT2D eigenvalue weighted by Crippen LogP contribution is -2.31. The van der Waals surface area contributed by atoms with E-state index in [1.165, 1.54) is 18.5 Å². The Morgan fingerprint density at radius 1 is 1.15 bits per heavy atom. The van der Waals surface area contributed by atoms with Crippen LogP contribution in [0.15, 0.2) is 36.9 Å². The molecule has 1 fully saturated rings. The van der Waals surface area contributed by atoms with Crippen molar-refractivity contribution in [3.05, 3.63) is 36.9 Å². The Balaban J connectivity index is 1.55. The molecule has 206 valence electrons. The number of aromatic nitrogens is 5. The van der Waals surface area contributed by atoms with Crippen molar-refractivity contribution in [2.45, 2.75) is 70.6 Å². The normalized spacial score (nSPS) is 17.2. The summed E-state index contributed by atoms with van der Waals surface area (Å²) in [6.45, 7) is 7.96. The first-order valence-corrected chi connectivity index (χ1v) is 17.1. The molecule has 3 aromatic rings. The smallest absolute Gasteiger partial charge is 0.259 e. The predicted molar refractivity (Wildman–Crippen MR) is 149 cm³/mol. The quantitative estimate of drug-likeness (QED) is 0.219. The maximum absolute atomic E-state index is 12.7. The van der Waals surface area contributed by atoms with Gasteiger partial charge in [-0.25, -0.2) is 14.9 Å². The Kier molecular flexibility index (Phi) is 7.50. The van der Waals surface area contributed by atoms with E-state index in [9.17, 15) is 14.4 Å². The van der Waals surface area contributed by atoms with Gasteiger partial charge in [-0.05, 0) is 30.9 Å². The zero-order valence-corrected chi connectivity index (χ0v) is 23.7. The summed E-state index contributed by atoms with van der Waals surface area (Å²) in [5, 5.41) is 5.47. The van der Waals surface area contributed by atoms with Gasteiger partial charge in [0, 0.05) is 51.0 Å². The van der Waals surface area contributed by atoms with Crippen LogP contribution < -0.4 is 10.6 Å². The molecule has 2 aliphatic rings. The molecule has 5 rings (SSSR count). The monoisotopic (exact) mass is 549 g/mol. The molecule has 1 atom stereocenters. The first kappa shape index (κ1) is 26.9. The number of carbonyl (C=O) groups is 3. The largest absolute Gasteiger partial charge is 0.370 e. The van der Waals surface area contributed by atoms with Crippen LogP contribution in [0.2, 0.25) is 25.7 Å². The summed E-state index contributed by atoms with van der Waals surface area (Å²) in [6, 6.07) is 2.69. The molecule has 1 aliphatic carbocycles. The minimum absolute atomic E-state index is 0.121. The van der Waals surface area contributed by atoms with Gasteiger partial charge in [0.05, 0.1) is 17.3 Å². The van der Waals surface area contributed by atoms with Gasteiger partial charge in [-0.15, -0.1) is 0 Å². The number of carbonyl (C=O) groups excluding carboxylic acids is 3. The SMILES string of the molecule is C[Si](C)(C)CCOCn1ccc2c(-c3cn([C@H](CC(N)=O)C4CCCC4)nc3N3C(=O)C=CC3=O)ncnc21. The number of rotatable bonds is 11. The minimum atomic E-state index is -1.21. The van der Waals surface area contributed by atoms with E-state index in [2.05, 4.69) is 29.6 Å². The summed E-state index contributed by atoms with van der Waals surface area (Å²) in [5.41, 5.74) is 7.36. The highest BCUT2D eigenvalue weighted by atomic mass is 28.3. The standard InChI is InChI=1S/C27H35N7O4Si/c1-39(2,3)13-12-38-17-32-11-10-19-25(29-16-30-26(19)32)20-15-33(21(14-22(28)35)18-6-4-5-7-18)31-27(20)34-23(36)8-9-24(34)37/h8-11,15-16,18,21H,4-7,12-14,17H2,1-3H3,(H2,28,35)/t21-/m1/s1. The van der Waals surface area contributed by atoms with Crippen LogP contribution in [0.4, 0.5) is 5.82 Å². The average molecular weight is 550 g/mol. The van der Waals surface area contributed by atoms with Gasteiger partial charge in [0.15, 0.2) is 5.82 Å². The highest BCUT2D eigenvalue weighted by molar-refractivity contribution is 6.76. The van der Waals surface area contributed by atoms with E-state index in [-0.39, 0.29) is 24.2 Å². The third kappa shape index (κ3) is 5.71. The number of primary amides is 1. The van der Waals surface area contributed by atoms with Crippen molar-refractivity contribution in [1.82, 2.24) is 24.3 Å². The lowest BCUT2D eigenvalue weighted by Gasteiger charge is -2.22. The van der Waals surface area contributed by atoms with Crippen LogP contribution >= 0.6 is 0 Å². The Hall–Kier alpha value is -3.64. The number of nitrogens with two attached hydrogens (primary N) is 1. The van der Waals surface area contributed by atoms with Gasteiger partial charge in [0.25, 0.3) is 11.8 Å². The summed E-state index contributed by atoms with van der Waals surface area (Å²) < 4.78 is 9.56. The molecule has 0 saturated heterocycles. The third-order valence-corrected chi connectivity index (χ3v) is 9.17. The van der Waals surface area contributed by atoms with Crippen LogP contribution in [-0.2, 0) is 25.9 Å². The lowest BCUT2D eigenvalue weighted by molar-refractivity contribution is -0.121. The van der Waals surface area contributed by atoms with E-state index in [1.807, 2.05) is 16.8 Å². The number of hydrogen-bond donors (Lipinski definition) is 1. The maximum Gasteiger partial charge on any atom is 0.259 e. The lowest BCUT2D eigenvalue weighted by atomic mass is 9.95. The Labute approximate surface area is 228 Å². The van der Waals surface area contributed by atoms with Gasteiger partial charge in [-0.1, -0.05) is 32.5 Å². The molecule has 0 unspecified atom stereocenters. The summed E-state index contributed by atoms with van der Waals surface area (Å²) in [7, 11) is -1.21. The highest BCUT2D eigenvalue weighted by Crippen LogP contribution is 2.40. The number of nitrogens with zero attached hydrogens (tertiary/aromatic N) is 6. The van der Waals surface area contributed by atoms with Crippen molar-refractivity contribution >= 4 is 42.6 Å². The molecule has 39 heavy (non-hydrogen) atoms. The van der Waals surface area contributed by atoms with Gasteiger partial charge in [0.2, 0.25) is 5.91 Å². The van der Waals surface area contributed by atoms with Gasteiger partial charge in [0.1, 0.15) is 18.7 Å². The second-order valence-corrected chi connectivity index (χ2v) is 17.2. The van der Waals surface area contributed by atoms with Crippen LogP contribution in [0.1, 0.15) is 38.1 Å². The summed E-state index contributed by atoms with van der Waals surface area (Å²) >= 11 is 0. The van der Waals surface area contributed by atoms with Crippen molar-refractivity contribution in [1.29, 1.82) is 0 Å². The fraction of sp³-hybridized carbons (Fsp3) is 0.481. The number of anilines is 1. The van der Waals surface area contributed by atoms with Crippen molar-refractivity contribution in [2.24, 2.45) is 11.7 Å². The van der Waals surface area contributed by atoms with E-state index < -0.39 is 25.8 Å². The minimum Gasteiger partial charge on any atom is -0.370 e. The maximum atomic E-state index is 12.7. The molecule has 0 radical (unpaired) electrons. The molecule has 11 nitrogen and oxygen atoms in total. The van der Waals surface area contributed by atoms with Crippen LogP contribution in [0.25, 0.3) is 22.3 Å². The zero-order valence-electron chi connectivity index (χ0n) is 22.7. The second-order valence-electron chi connectivity index (χ2n) is 11.6. The topological polar surface area (TPSA) is 138 Å². The van der Waals surface area contributed by atoms with Crippen molar-refractivity contribution in [3.63, 3.8) is 0 Å². The molecule has 4 heterocycles. The zero-order chi connectivity index (χ0) is 27.7. The molecule has 12 heteroatoms. The van der Waals surface area contributed by atoms with Crippen LogP contribution in [0.3, 0.4) is 0 Å². The highest BCUT2D eigenvalue weighted by Gasteiger charge is 2.35. The first-order chi connectivity index (χ1) is 18.6. The fourth-order valence-electron chi connectivity index (χ4n) is 5.38. The Bertz CT molecular complexity index is 1410. The van der Waals surface area contributed by atoms with E-state index >= 15 is 0 Å². The summed E-state index contributed by atoms with van der Waals surface area (Å²) in [5.74, 6) is -0.964. The van der Waals surface area contributed by atoms with E-state index in [4.69, 9.17) is 15.6 Å². The predicted octanol–water partition coefficient (Wildman–Crippen LogP) is 3.64. The van der Waals surface area contributed by atoms with E-state index in [0.717, 1.165) is 42.0 Å². The average Bonchev–Trinajstić information content (AvgIpc) is 3.67. The first-order valence-electron chi connectivity index (χ1n) is 13.4. The van der Waals surface area contributed by atoms with Crippen LogP contribution in [0.5, 0.6) is 0 Å². The Morgan fingerprint density at radius 2 is 1.87 bits per heavy atom. The molecule has 0 spiro atoms. The van der Waals surface area contributed by atoms with Gasteiger partial charge in [-0.3, -0.25) is 19.1 Å². The number of ether oxygens (including phenoxy) is 1. The number of amides is 3. The molecule has 0 bridgehead atoms. The van der Waals surface area contributed by atoms with Gasteiger partial charge in [-0.2, -0.15) is 5.10 Å². The third-order valence-electron chi connectivity index (χ3n) is 7.47. The molecule has 3 amide bonds. The number of hydrogen-bond acceptors (Lipinski definition) is 7. The molecular formula is C27H35N7O4Si.